The van der Waals surface area contributed by atoms with Crippen molar-refractivity contribution in [3.8, 4) is 0 Å². The van der Waals surface area contributed by atoms with E-state index in [-0.39, 0.29) is 5.44 Å². The first-order valence-electron chi connectivity index (χ1n) is 3.41. The number of thioether (sulfide) groups is 1. The number of hydrogen-bond acceptors (Lipinski definition) is 4. The van der Waals surface area contributed by atoms with Crippen LogP contribution in [0.3, 0.4) is 0 Å². The normalized spacial score (nSPS) is 26.8. The van der Waals surface area contributed by atoms with Crippen molar-refractivity contribution in [2.75, 3.05) is 12.4 Å². The Labute approximate surface area is 69.1 Å². The van der Waals surface area contributed by atoms with Gasteiger partial charge in [-0.25, -0.2) is 0 Å². The lowest BCUT2D eigenvalue weighted by molar-refractivity contribution is -0.139. The molecule has 11 heavy (non-hydrogen) atoms. The van der Waals surface area contributed by atoms with E-state index in [4.69, 9.17) is 15.6 Å². The third kappa shape index (κ3) is 2.69. The number of ether oxygens (including phenoxy) is 1. The summed E-state index contributed by atoms with van der Waals surface area (Å²) in [6.07, 6.45) is 0.403. The molecule has 2 atom stereocenters. The number of carboxylic acids is 1. The molecular formula is C6H11NO3S. The molecule has 0 spiro atoms. The zero-order chi connectivity index (χ0) is 8.27. The molecule has 0 aromatic rings. The summed E-state index contributed by atoms with van der Waals surface area (Å²) in [6, 6.07) is -0.786. The lowest BCUT2D eigenvalue weighted by atomic mass is 10.2. The van der Waals surface area contributed by atoms with Gasteiger partial charge in [-0.1, -0.05) is 0 Å². The Bertz CT molecular complexity index is 147. The highest BCUT2D eigenvalue weighted by Gasteiger charge is 2.22. The van der Waals surface area contributed by atoms with Crippen molar-refractivity contribution >= 4 is 17.7 Å². The van der Waals surface area contributed by atoms with E-state index in [1.807, 2.05) is 0 Å². The number of rotatable bonds is 3. The first-order chi connectivity index (χ1) is 5.20. The summed E-state index contributed by atoms with van der Waals surface area (Å²) in [4.78, 5) is 10.3. The average molecular weight is 177 g/mol. The van der Waals surface area contributed by atoms with Crippen LogP contribution in [0.5, 0.6) is 0 Å². The van der Waals surface area contributed by atoms with Crippen LogP contribution in [0.15, 0.2) is 0 Å². The summed E-state index contributed by atoms with van der Waals surface area (Å²) in [7, 11) is 0. The van der Waals surface area contributed by atoms with Gasteiger partial charge >= 0.3 is 5.97 Å². The minimum atomic E-state index is -0.957. The van der Waals surface area contributed by atoms with Crippen LogP contribution in [-0.2, 0) is 9.53 Å². The molecular weight excluding hydrogens is 166 g/mol. The Balaban J connectivity index is 2.23. The van der Waals surface area contributed by atoms with Crippen molar-refractivity contribution in [2.24, 2.45) is 5.73 Å². The minimum Gasteiger partial charge on any atom is -0.480 e. The van der Waals surface area contributed by atoms with Gasteiger partial charge in [0.2, 0.25) is 0 Å². The molecule has 0 bridgehead atoms. The molecule has 1 aliphatic rings. The second-order valence-corrected chi connectivity index (χ2v) is 3.62. The van der Waals surface area contributed by atoms with Crippen LogP contribution in [0.2, 0.25) is 0 Å². The molecule has 1 rings (SSSR count). The lowest BCUT2D eigenvalue weighted by Crippen LogP contribution is -2.33. The summed E-state index contributed by atoms with van der Waals surface area (Å²) in [6.45, 7) is 0.710. The Morgan fingerprint density at radius 1 is 1.91 bits per heavy atom. The van der Waals surface area contributed by atoms with Gasteiger partial charge in [-0.3, -0.25) is 4.79 Å². The van der Waals surface area contributed by atoms with E-state index in [0.717, 1.165) is 5.75 Å². The average Bonchev–Trinajstić information content (AvgIpc) is 2.39. The predicted molar refractivity (Wildman–Crippen MR) is 42.4 cm³/mol. The van der Waals surface area contributed by atoms with Crippen LogP contribution in [-0.4, -0.2) is 34.9 Å². The van der Waals surface area contributed by atoms with E-state index < -0.39 is 12.0 Å². The monoisotopic (exact) mass is 177 g/mol. The fraction of sp³-hybridized carbons (Fsp3) is 0.833. The zero-order valence-electron chi connectivity index (χ0n) is 6.03. The highest BCUT2D eigenvalue weighted by Crippen LogP contribution is 2.23. The third-order valence-electron chi connectivity index (χ3n) is 1.45. The Kier molecular flexibility index (Phi) is 3.16. The number of aliphatic carboxylic acids is 1. The first-order valence-corrected chi connectivity index (χ1v) is 4.46. The third-order valence-corrected chi connectivity index (χ3v) is 2.56. The second-order valence-electron chi connectivity index (χ2n) is 2.35. The van der Waals surface area contributed by atoms with Crippen LogP contribution >= 0.6 is 11.8 Å². The second kappa shape index (κ2) is 3.94. The van der Waals surface area contributed by atoms with E-state index in [1.54, 1.807) is 11.8 Å². The van der Waals surface area contributed by atoms with Crippen molar-refractivity contribution in [3.63, 3.8) is 0 Å². The summed E-state index contributed by atoms with van der Waals surface area (Å²) in [5.41, 5.74) is 5.29. The van der Waals surface area contributed by atoms with Crippen molar-refractivity contribution < 1.29 is 14.6 Å². The van der Waals surface area contributed by atoms with Crippen molar-refractivity contribution in [3.05, 3.63) is 0 Å². The molecule has 3 N–H and O–H groups in total. The molecule has 0 saturated carbocycles. The van der Waals surface area contributed by atoms with E-state index in [2.05, 4.69) is 0 Å². The predicted octanol–water partition coefficient (Wildman–Crippen LogP) is -0.122. The largest absolute Gasteiger partial charge is 0.480 e. The molecule has 4 nitrogen and oxygen atoms in total. The summed E-state index contributed by atoms with van der Waals surface area (Å²) < 4.78 is 5.19. The Morgan fingerprint density at radius 2 is 2.64 bits per heavy atom. The van der Waals surface area contributed by atoms with Crippen molar-refractivity contribution in [1.29, 1.82) is 0 Å². The standard InChI is InChI=1S/C6H11NO3S/c7-4(6(8)9)3-5-10-1-2-11-5/h4-5H,1-3,7H2,(H,8,9)/t4-,5?/m0/s1. The molecule has 0 aromatic heterocycles. The van der Waals surface area contributed by atoms with E-state index >= 15 is 0 Å². The maximum atomic E-state index is 10.3. The van der Waals surface area contributed by atoms with Crippen LogP contribution in [0.25, 0.3) is 0 Å². The van der Waals surface area contributed by atoms with E-state index in [1.165, 1.54) is 0 Å². The number of hydrogen-bond donors (Lipinski definition) is 2. The minimum absolute atomic E-state index is 0.0129. The molecule has 1 unspecified atom stereocenters. The maximum Gasteiger partial charge on any atom is 0.320 e. The highest BCUT2D eigenvalue weighted by molar-refractivity contribution is 7.99. The molecule has 0 aromatic carbocycles. The van der Waals surface area contributed by atoms with Gasteiger partial charge in [-0.15, -0.1) is 11.8 Å². The molecule has 1 heterocycles. The molecule has 0 radical (unpaired) electrons. The van der Waals surface area contributed by atoms with Gasteiger partial charge in [-0.05, 0) is 0 Å². The summed E-state index contributed by atoms with van der Waals surface area (Å²) in [5.74, 6) is -0.0158. The zero-order valence-corrected chi connectivity index (χ0v) is 6.84. The SMILES string of the molecule is N[C@@H](CC1OCCS1)C(=O)O. The smallest absolute Gasteiger partial charge is 0.320 e. The van der Waals surface area contributed by atoms with Crippen molar-refractivity contribution in [2.45, 2.75) is 17.9 Å². The Morgan fingerprint density at radius 3 is 3.09 bits per heavy atom. The Hall–Kier alpha value is -0.260. The van der Waals surface area contributed by atoms with Gasteiger partial charge in [0.05, 0.1) is 6.61 Å². The van der Waals surface area contributed by atoms with Gasteiger partial charge in [0.15, 0.2) is 0 Å². The number of carboxylic acid groups (broad SMARTS) is 1. The lowest BCUT2D eigenvalue weighted by Gasteiger charge is -2.10. The number of nitrogens with two attached hydrogens (primary N) is 1. The molecule has 1 aliphatic heterocycles. The molecule has 0 aliphatic carbocycles. The molecule has 1 saturated heterocycles. The summed E-state index contributed by atoms with van der Waals surface area (Å²) >= 11 is 1.62. The summed E-state index contributed by atoms with van der Waals surface area (Å²) in [5, 5.41) is 8.45. The molecule has 1 fully saturated rings. The van der Waals surface area contributed by atoms with Crippen LogP contribution in [0, 0.1) is 0 Å². The van der Waals surface area contributed by atoms with Gasteiger partial charge in [-0.2, -0.15) is 0 Å². The van der Waals surface area contributed by atoms with Crippen molar-refractivity contribution in [1.82, 2.24) is 0 Å². The number of carbonyl (C=O) groups is 1. The van der Waals surface area contributed by atoms with Crippen LogP contribution in [0.4, 0.5) is 0 Å². The van der Waals surface area contributed by atoms with Gasteiger partial charge in [0.1, 0.15) is 11.5 Å². The van der Waals surface area contributed by atoms with Gasteiger partial charge in [0, 0.05) is 12.2 Å². The van der Waals surface area contributed by atoms with Crippen LogP contribution in [0.1, 0.15) is 6.42 Å². The van der Waals surface area contributed by atoms with E-state index in [9.17, 15) is 4.79 Å². The van der Waals surface area contributed by atoms with Gasteiger partial charge in [0.25, 0.3) is 0 Å². The van der Waals surface area contributed by atoms with Gasteiger partial charge < -0.3 is 15.6 Å². The quantitative estimate of drug-likeness (QED) is 0.628. The molecule has 64 valence electrons. The molecule has 5 heteroatoms. The first kappa shape index (κ1) is 8.83. The topological polar surface area (TPSA) is 72.5 Å². The molecule has 0 amide bonds. The fourth-order valence-corrected chi connectivity index (χ4v) is 1.84. The van der Waals surface area contributed by atoms with Crippen LogP contribution < -0.4 is 5.73 Å². The highest BCUT2D eigenvalue weighted by atomic mass is 32.2. The fourth-order valence-electron chi connectivity index (χ4n) is 0.851. The van der Waals surface area contributed by atoms with E-state index in [0.29, 0.717) is 13.0 Å². The maximum absolute atomic E-state index is 10.3.